The van der Waals surface area contributed by atoms with Crippen molar-refractivity contribution >= 4 is 27.3 Å². The van der Waals surface area contributed by atoms with Crippen molar-refractivity contribution in [1.82, 2.24) is 0 Å². The molecule has 2 rings (SSSR count). The average molecular weight is 416 g/mol. The number of carbonyl (C=O) groups is 1. The van der Waals surface area contributed by atoms with Crippen LogP contribution in [0, 0.1) is 0 Å². The van der Waals surface area contributed by atoms with Crippen molar-refractivity contribution in [1.29, 1.82) is 0 Å². The molecule has 1 amide bonds. The second-order valence-electron chi connectivity index (χ2n) is 6.00. The monoisotopic (exact) mass is 416 g/mol. The van der Waals surface area contributed by atoms with Crippen LogP contribution < -0.4 is 14.4 Å². The van der Waals surface area contributed by atoms with E-state index in [9.17, 15) is 26.4 Å². The predicted molar refractivity (Wildman–Crippen MR) is 99.9 cm³/mol. The molecule has 10 heteroatoms. The molecule has 0 spiro atoms. The Kier molecular flexibility index (Phi) is 6.23. The van der Waals surface area contributed by atoms with Crippen LogP contribution in [0.4, 0.5) is 24.5 Å². The van der Waals surface area contributed by atoms with E-state index in [1.807, 2.05) is 0 Å². The molecule has 0 heterocycles. The summed E-state index contributed by atoms with van der Waals surface area (Å²) in [5.41, 5.74) is -0.829. The standard InChI is InChI=1S/C18H19F3N2O4S/c1-12(17(24)22-14-7-4-6-13(10-14)18(19,20)21)23(28(3,25)26)15-8-5-9-16(11-15)27-2/h4-12H,1-3H3,(H,22,24). The van der Waals surface area contributed by atoms with E-state index < -0.39 is 33.7 Å². The fourth-order valence-corrected chi connectivity index (χ4v) is 3.74. The lowest BCUT2D eigenvalue weighted by Crippen LogP contribution is -2.45. The summed E-state index contributed by atoms with van der Waals surface area (Å²) in [4.78, 5) is 12.6. The zero-order valence-corrected chi connectivity index (χ0v) is 16.1. The van der Waals surface area contributed by atoms with E-state index in [-0.39, 0.29) is 11.4 Å². The smallest absolute Gasteiger partial charge is 0.416 e. The van der Waals surface area contributed by atoms with Crippen molar-refractivity contribution in [2.45, 2.75) is 19.1 Å². The molecule has 1 atom stereocenters. The van der Waals surface area contributed by atoms with Crippen molar-refractivity contribution in [3.63, 3.8) is 0 Å². The highest BCUT2D eigenvalue weighted by Gasteiger charge is 2.32. The van der Waals surface area contributed by atoms with Gasteiger partial charge >= 0.3 is 6.18 Å². The van der Waals surface area contributed by atoms with Crippen molar-refractivity contribution in [2.75, 3.05) is 23.0 Å². The van der Waals surface area contributed by atoms with E-state index in [0.29, 0.717) is 5.75 Å². The van der Waals surface area contributed by atoms with Gasteiger partial charge in [-0.25, -0.2) is 8.42 Å². The molecule has 0 aliphatic carbocycles. The largest absolute Gasteiger partial charge is 0.497 e. The van der Waals surface area contributed by atoms with Gasteiger partial charge in [0.2, 0.25) is 15.9 Å². The normalized spacial score (nSPS) is 12.9. The molecule has 0 saturated heterocycles. The lowest BCUT2D eigenvalue weighted by atomic mass is 10.2. The van der Waals surface area contributed by atoms with Crippen LogP contribution in [0.2, 0.25) is 0 Å². The van der Waals surface area contributed by atoms with Gasteiger partial charge in [0.25, 0.3) is 0 Å². The highest BCUT2D eigenvalue weighted by molar-refractivity contribution is 7.92. The van der Waals surface area contributed by atoms with Gasteiger partial charge in [-0.1, -0.05) is 12.1 Å². The molecule has 0 aromatic heterocycles. The Morgan fingerprint density at radius 3 is 2.36 bits per heavy atom. The predicted octanol–water partition coefficient (Wildman–Crippen LogP) is 3.51. The molecule has 0 fully saturated rings. The summed E-state index contributed by atoms with van der Waals surface area (Å²) in [7, 11) is -2.46. The number of nitrogens with one attached hydrogen (secondary N) is 1. The number of hydrogen-bond acceptors (Lipinski definition) is 4. The molecule has 0 aliphatic heterocycles. The van der Waals surface area contributed by atoms with Crippen LogP contribution in [0.25, 0.3) is 0 Å². The Morgan fingerprint density at radius 1 is 1.14 bits per heavy atom. The summed E-state index contributed by atoms with van der Waals surface area (Å²) in [6.07, 6.45) is -3.63. The van der Waals surface area contributed by atoms with Crippen molar-refractivity contribution in [3.8, 4) is 5.75 Å². The number of rotatable bonds is 6. The first-order chi connectivity index (χ1) is 12.9. The van der Waals surface area contributed by atoms with E-state index in [1.54, 1.807) is 12.1 Å². The number of amides is 1. The fourth-order valence-electron chi connectivity index (χ4n) is 2.58. The van der Waals surface area contributed by atoms with E-state index in [1.165, 1.54) is 32.2 Å². The zero-order chi connectivity index (χ0) is 21.1. The van der Waals surface area contributed by atoms with Gasteiger partial charge in [0.1, 0.15) is 11.8 Å². The highest BCUT2D eigenvalue weighted by atomic mass is 32.2. The van der Waals surface area contributed by atoms with Crippen LogP contribution in [-0.2, 0) is 21.0 Å². The van der Waals surface area contributed by atoms with E-state index in [4.69, 9.17) is 4.74 Å². The summed E-state index contributed by atoms with van der Waals surface area (Å²) in [6, 6.07) is 8.96. The molecule has 152 valence electrons. The Hall–Kier alpha value is -2.75. The number of alkyl halides is 3. The van der Waals surface area contributed by atoms with Crippen LogP contribution in [0.5, 0.6) is 5.75 Å². The minimum absolute atomic E-state index is 0.0919. The minimum Gasteiger partial charge on any atom is -0.497 e. The van der Waals surface area contributed by atoms with Crippen LogP contribution in [0.1, 0.15) is 12.5 Å². The van der Waals surface area contributed by atoms with Gasteiger partial charge in [0, 0.05) is 11.8 Å². The number of sulfonamides is 1. The van der Waals surface area contributed by atoms with Crippen molar-refractivity contribution in [2.24, 2.45) is 0 Å². The third kappa shape index (κ3) is 5.16. The van der Waals surface area contributed by atoms with E-state index in [2.05, 4.69) is 5.32 Å². The van der Waals surface area contributed by atoms with Crippen LogP contribution >= 0.6 is 0 Å². The van der Waals surface area contributed by atoms with Gasteiger partial charge in [-0.2, -0.15) is 13.2 Å². The molecule has 6 nitrogen and oxygen atoms in total. The number of benzene rings is 2. The maximum atomic E-state index is 12.8. The van der Waals surface area contributed by atoms with E-state index >= 15 is 0 Å². The quantitative estimate of drug-likeness (QED) is 0.782. The van der Waals surface area contributed by atoms with E-state index in [0.717, 1.165) is 28.8 Å². The van der Waals surface area contributed by atoms with Gasteiger partial charge in [0.05, 0.1) is 24.6 Å². The van der Waals surface area contributed by atoms with Gasteiger partial charge in [-0.05, 0) is 37.3 Å². The second kappa shape index (κ2) is 8.09. The lowest BCUT2D eigenvalue weighted by molar-refractivity contribution is -0.137. The third-order valence-corrected chi connectivity index (χ3v) is 5.10. The van der Waals surface area contributed by atoms with Crippen molar-refractivity contribution < 1.29 is 31.1 Å². The van der Waals surface area contributed by atoms with Gasteiger partial charge in [-0.15, -0.1) is 0 Å². The summed E-state index contributed by atoms with van der Waals surface area (Å²) in [6.45, 7) is 1.34. The summed E-state index contributed by atoms with van der Waals surface area (Å²) in [5.74, 6) is -0.399. The Morgan fingerprint density at radius 2 is 1.79 bits per heavy atom. The first-order valence-corrected chi connectivity index (χ1v) is 9.90. The zero-order valence-electron chi connectivity index (χ0n) is 15.3. The lowest BCUT2D eigenvalue weighted by Gasteiger charge is -2.28. The first-order valence-electron chi connectivity index (χ1n) is 8.05. The molecular weight excluding hydrogens is 397 g/mol. The third-order valence-electron chi connectivity index (χ3n) is 3.85. The van der Waals surface area contributed by atoms with Crippen LogP contribution in [0.3, 0.4) is 0 Å². The molecule has 0 radical (unpaired) electrons. The Balaban J connectivity index is 2.32. The summed E-state index contributed by atoms with van der Waals surface area (Å²) in [5, 5.41) is 2.33. The maximum Gasteiger partial charge on any atom is 0.416 e. The number of nitrogens with zero attached hydrogens (tertiary/aromatic N) is 1. The Bertz CT molecular complexity index is 961. The molecule has 0 aliphatic rings. The molecule has 1 N–H and O–H groups in total. The number of methoxy groups -OCH3 is 1. The highest BCUT2D eigenvalue weighted by Crippen LogP contribution is 2.31. The molecule has 0 bridgehead atoms. The number of hydrogen-bond donors (Lipinski definition) is 1. The fraction of sp³-hybridized carbons (Fsp3) is 0.278. The minimum atomic E-state index is -4.56. The second-order valence-corrected chi connectivity index (χ2v) is 7.86. The van der Waals surface area contributed by atoms with Crippen molar-refractivity contribution in [3.05, 3.63) is 54.1 Å². The first kappa shape index (κ1) is 21.5. The molecular formula is C18H19F3N2O4S. The Labute approximate surface area is 161 Å². The van der Waals surface area contributed by atoms with Gasteiger partial charge in [-0.3, -0.25) is 9.10 Å². The number of ether oxygens (including phenoxy) is 1. The topological polar surface area (TPSA) is 75.7 Å². The molecule has 1 unspecified atom stereocenters. The molecule has 2 aromatic rings. The van der Waals surface area contributed by atoms with Crippen LogP contribution in [-0.4, -0.2) is 33.7 Å². The number of anilines is 2. The van der Waals surface area contributed by atoms with Gasteiger partial charge in [0.15, 0.2) is 0 Å². The number of carbonyl (C=O) groups excluding carboxylic acids is 1. The molecule has 2 aromatic carbocycles. The van der Waals surface area contributed by atoms with Crippen LogP contribution in [0.15, 0.2) is 48.5 Å². The summed E-state index contributed by atoms with van der Waals surface area (Å²) < 4.78 is 69.0. The number of halogens is 3. The van der Waals surface area contributed by atoms with Gasteiger partial charge < -0.3 is 10.1 Å². The molecule has 0 saturated carbocycles. The summed E-state index contributed by atoms with van der Waals surface area (Å²) >= 11 is 0. The maximum absolute atomic E-state index is 12.8. The molecule has 28 heavy (non-hydrogen) atoms. The SMILES string of the molecule is COc1cccc(N(C(C)C(=O)Nc2cccc(C(F)(F)F)c2)S(C)(=O)=O)c1. The average Bonchev–Trinajstić information content (AvgIpc) is 2.60.